The number of hydrogen-bond donors (Lipinski definition) is 2. The number of nitrogens with zero attached hydrogens (tertiary/aromatic N) is 1. The average Bonchev–Trinajstić information content (AvgIpc) is 2.38. The SMILES string of the molecule is NC(=S)c1ccc(NCC2COCCO2)nc1. The van der Waals surface area contributed by atoms with E-state index in [0.29, 0.717) is 31.4 Å². The second-order valence-corrected chi connectivity index (χ2v) is 4.18. The Kier molecular flexibility index (Phi) is 4.24. The van der Waals surface area contributed by atoms with Crippen LogP contribution in [0.15, 0.2) is 18.3 Å². The summed E-state index contributed by atoms with van der Waals surface area (Å²) >= 11 is 4.85. The maximum atomic E-state index is 5.51. The fourth-order valence-corrected chi connectivity index (χ4v) is 1.64. The van der Waals surface area contributed by atoms with Crippen LogP contribution in [0.4, 0.5) is 5.82 Å². The molecule has 0 spiro atoms. The second kappa shape index (κ2) is 5.90. The highest BCUT2D eigenvalue weighted by Crippen LogP contribution is 2.07. The summed E-state index contributed by atoms with van der Waals surface area (Å²) in [5.41, 5.74) is 6.26. The predicted octanol–water partition coefficient (Wildman–Crippen LogP) is 0.543. The van der Waals surface area contributed by atoms with Gasteiger partial charge in [-0.25, -0.2) is 4.98 Å². The predicted molar refractivity (Wildman–Crippen MR) is 69.2 cm³/mol. The molecule has 1 atom stereocenters. The van der Waals surface area contributed by atoms with Crippen LogP contribution in [0.25, 0.3) is 0 Å². The lowest BCUT2D eigenvalue weighted by Crippen LogP contribution is -2.34. The molecule has 0 aromatic carbocycles. The van der Waals surface area contributed by atoms with Gasteiger partial charge >= 0.3 is 0 Å². The first-order valence-electron chi connectivity index (χ1n) is 5.45. The third kappa shape index (κ3) is 3.62. The molecule has 92 valence electrons. The van der Waals surface area contributed by atoms with E-state index >= 15 is 0 Å². The summed E-state index contributed by atoms with van der Waals surface area (Å²) in [6, 6.07) is 3.69. The molecule has 1 aromatic rings. The van der Waals surface area contributed by atoms with Gasteiger partial charge < -0.3 is 20.5 Å². The number of pyridine rings is 1. The Balaban J connectivity index is 1.84. The molecule has 2 rings (SSSR count). The van der Waals surface area contributed by atoms with E-state index in [1.54, 1.807) is 6.20 Å². The number of hydrogen-bond acceptors (Lipinski definition) is 5. The number of nitrogens with two attached hydrogens (primary N) is 1. The van der Waals surface area contributed by atoms with Crippen LogP contribution in [0.1, 0.15) is 5.56 Å². The van der Waals surface area contributed by atoms with E-state index < -0.39 is 0 Å². The van der Waals surface area contributed by atoms with Crippen LogP contribution in [0.5, 0.6) is 0 Å². The van der Waals surface area contributed by atoms with Crippen LogP contribution in [0.2, 0.25) is 0 Å². The van der Waals surface area contributed by atoms with Gasteiger partial charge in [-0.3, -0.25) is 0 Å². The van der Waals surface area contributed by atoms with Crippen LogP contribution in [-0.2, 0) is 9.47 Å². The lowest BCUT2D eigenvalue weighted by Gasteiger charge is -2.23. The molecule has 1 aliphatic rings. The molecule has 1 aliphatic heterocycles. The first-order valence-corrected chi connectivity index (χ1v) is 5.85. The Morgan fingerprint density at radius 2 is 2.41 bits per heavy atom. The van der Waals surface area contributed by atoms with Crippen LogP contribution in [0, 0.1) is 0 Å². The third-order valence-electron chi connectivity index (χ3n) is 2.44. The number of anilines is 1. The number of rotatable bonds is 4. The lowest BCUT2D eigenvalue weighted by atomic mass is 10.3. The van der Waals surface area contributed by atoms with Crippen LogP contribution >= 0.6 is 12.2 Å². The Morgan fingerprint density at radius 1 is 1.53 bits per heavy atom. The molecular formula is C11H15N3O2S. The molecular weight excluding hydrogens is 238 g/mol. The van der Waals surface area contributed by atoms with E-state index in [1.165, 1.54) is 0 Å². The zero-order valence-corrected chi connectivity index (χ0v) is 10.2. The zero-order valence-electron chi connectivity index (χ0n) is 9.39. The Bertz CT molecular complexity index is 377. The summed E-state index contributed by atoms with van der Waals surface area (Å²) in [4.78, 5) is 4.56. The summed E-state index contributed by atoms with van der Waals surface area (Å²) in [6.45, 7) is 2.63. The van der Waals surface area contributed by atoms with Crippen molar-refractivity contribution in [3.63, 3.8) is 0 Å². The normalized spacial score (nSPS) is 19.9. The van der Waals surface area contributed by atoms with Crippen molar-refractivity contribution >= 4 is 23.0 Å². The van der Waals surface area contributed by atoms with E-state index in [-0.39, 0.29) is 6.10 Å². The number of aromatic nitrogens is 1. The van der Waals surface area contributed by atoms with E-state index in [0.717, 1.165) is 11.4 Å². The van der Waals surface area contributed by atoms with Gasteiger partial charge in [-0.15, -0.1) is 0 Å². The minimum absolute atomic E-state index is 0.0841. The van der Waals surface area contributed by atoms with Crippen molar-refractivity contribution in [3.8, 4) is 0 Å². The van der Waals surface area contributed by atoms with E-state index in [4.69, 9.17) is 27.4 Å². The molecule has 1 aromatic heterocycles. The lowest BCUT2D eigenvalue weighted by molar-refractivity contribution is -0.0819. The Hall–Kier alpha value is -1.24. The second-order valence-electron chi connectivity index (χ2n) is 3.74. The molecule has 0 amide bonds. The molecule has 1 unspecified atom stereocenters. The molecule has 3 N–H and O–H groups in total. The summed E-state index contributed by atoms with van der Waals surface area (Å²) in [7, 11) is 0. The third-order valence-corrected chi connectivity index (χ3v) is 2.68. The zero-order chi connectivity index (χ0) is 12.1. The largest absolute Gasteiger partial charge is 0.389 e. The van der Waals surface area contributed by atoms with Gasteiger partial charge in [0.2, 0.25) is 0 Å². The van der Waals surface area contributed by atoms with Gasteiger partial charge in [0, 0.05) is 18.3 Å². The van der Waals surface area contributed by atoms with Gasteiger partial charge in [-0.05, 0) is 12.1 Å². The number of ether oxygens (including phenoxy) is 2. The molecule has 0 saturated carbocycles. The highest BCUT2D eigenvalue weighted by molar-refractivity contribution is 7.80. The van der Waals surface area contributed by atoms with E-state index in [9.17, 15) is 0 Å². The van der Waals surface area contributed by atoms with Crippen molar-refractivity contribution in [3.05, 3.63) is 23.9 Å². The van der Waals surface area contributed by atoms with Crippen molar-refractivity contribution < 1.29 is 9.47 Å². The topological polar surface area (TPSA) is 69.4 Å². The maximum absolute atomic E-state index is 5.51. The quantitative estimate of drug-likeness (QED) is 0.763. The van der Waals surface area contributed by atoms with Gasteiger partial charge in [0.1, 0.15) is 10.8 Å². The van der Waals surface area contributed by atoms with Crippen LogP contribution < -0.4 is 11.1 Å². The monoisotopic (exact) mass is 253 g/mol. The fourth-order valence-electron chi connectivity index (χ4n) is 1.52. The first kappa shape index (κ1) is 12.2. The molecule has 6 heteroatoms. The Labute approximate surface area is 105 Å². The summed E-state index contributed by atoms with van der Waals surface area (Å²) < 4.78 is 10.8. The van der Waals surface area contributed by atoms with Crippen LogP contribution in [0.3, 0.4) is 0 Å². The van der Waals surface area contributed by atoms with Gasteiger partial charge in [-0.1, -0.05) is 12.2 Å². The van der Waals surface area contributed by atoms with Crippen molar-refractivity contribution in [2.75, 3.05) is 31.7 Å². The molecule has 1 fully saturated rings. The number of thiocarbonyl (C=S) groups is 1. The summed E-state index contributed by atoms with van der Waals surface area (Å²) in [5, 5.41) is 3.18. The molecule has 5 nitrogen and oxygen atoms in total. The Morgan fingerprint density at radius 3 is 3.00 bits per heavy atom. The molecule has 0 radical (unpaired) electrons. The van der Waals surface area contributed by atoms with Crippen molar-refractivity contribution in [2.45, 2.75) is 6.10 Å². The first-order chi connectivity index (χ1) is 8.25. The summed E-state index contributed by atoms with van der Waals surface area (Å²) in [5.74, 6) is 0.777. The minimum atomic E-state index is 0.0841. The smallest absolute Gasteiger partial charge is 0.126 e. The van der Waals surface area contributed by atoms with Gasteiger partial charge in [0.05, 0.1) is 25.9 Å². The van der Waals surface area contributed by atoms with Gasteiger partial charge in [0.25, 0.3) is 0 Å². The number of nitrogens with one attached hydrogen (secondary N) is 1. The molecule has 0 aliphatic carbocycles. The fraction of sp³-hybridized carbons (Fsp3) is 0.455. The molecule has 17 heavy (non-hydrogen) atoms. The average molecular weight is 253 g/mol. The molecule has 2 heterocycles. The van der Waals surface area contributed by atoms with Crippen molar-refractivity contribution in [2.24, 2.45) is 5.73 Å². The summed E-state index contributed by atoms with van der Waals surface area (Å²) in [6.07, 6.45) is 1.74. The van der Waals surface area contributed by atoms with E-state index in [2.05, 4.69) is 10.3 Å². The highest BCUT2D eigenvalue weighted by atomic mass is 32.1. The standard InChI is InChI=1S/C11H15N3O2S/c12-11(17)8-1-2-10(13-5-8)14-6-9-7-15-3-4-16-9/h1-2,5,9H,3-4,6-7H2,(H2,12,17)(H,13,14). The van der Waals surface area contributed by atoms with Crippen LogP contribution in [-0.4, -0.2) is 42.4 Å². The van der Waals surface area contributed by atoms with Crippen molar-refractivity contribution in [1.29, 1.82) is 0 Å². The van der Waals surface area contributed by atoms with E-state index in [1.807, 2.05) is 12.1 Å². The minimum Gasteiger partial charge on any atom is -0.389 e. The molecule has 1 saturated heterocycles. The van der Waals surface area contributed by atoms with Gasteiger partial charge in [-0.2, -0.15) is 0 Å². The maximum Gasteiger partial charge on any atom is 0.126 e. The molecule has 0 bridgehead atoms. The van der Waals surface area contributed by atoms with Gasteiger partial charge in [0.15, 0.2) is 0 Å². The van der Waals surface area contributed by atoms with Crippen molar-refractivity contribution in [1.82, 2.24) is 4.98 Å². The highest BCUT2D eigenvalue weighted by Gasteiger charge is 2.13.